The Balaban J connectivity index is 2.40. The molecular formula is C11H20N2O3. The molecule has 0 aliphatic heterocycles. The van der Waals surface area contributed by atoms with Crippen LogP contribution in [0.4, 0.5) is 4.79 Å². The number of carbonyl (C=O) groups excluding carboxylic acids is 1. The van der Waals surface area contributed by atoms with Crippen molar-refractivity contribution in [3.8, 4) is 0 Å². The Bertz CT molecular complexity index is 276. The van der Waals surface area contributed by atoms with Crippen molar-refractivity contribution in [3.63, 3.8) is 0 Å². The van der Waals surface area contributed by atoms with Gasteiger partial charge in [0.1, 0.15) is 6.54 Å². The second-order valence-corrected chi connectivity index (χ2v) is 5.01. The van der Waals surface area contributed by atoms with Crippen molar-refractivity contribution < 1.29 is 14.7 Å². The molecule has 0 spiro atoms. The number of hydrogen-bond donors (Lipinski definition) is 3. The van der Waals surface area contributed by atoms with Crippen LogP contribution in [-0.2, 0) is 4.79 Å². The lowest BCUT2D eigenvalue weighted by Crippen LogP contribution is -2.50. The molecule has 1 fully saturated rings. The zero-order chi connectivity index (χ0) is 12.2. The van der Waals surface area contributed by atoms with Crippen molar-refractivity contribution in [1.29, 1.82) is 0 Å². The SMILES string of the molecule is CC1(C)CCCCC1NC(=O)NCC(=O)O. The van der Waals surface area contributed by atoms with Crippen molar-refractivity contribution in [2.45, 2.75) is 45.6 Å². The molecule has 5 heteroatoms. The van der Waals surface area contributed by atoms with E-state index in [4.69, 9.17) is 5.11 Å². The summed E-state index contributed by atoms with van der Waals surface area (Å²) in [4.78, 5) is 21.7. The van der Waals surface area contributed by atoms with Gasteiger partial charge in [0.25, 0.3) is 0 Å². The number of carbonyl (C=O) groups is 2. The van der Waals surface area contributed by atoms with Gasteiger partial charge in [0.2, 0.25) is 0 Å². The van der Waals surface area contributed by atoms with Crippen LogP contribution in [0.25, 0.3) is 0 Å². The molecule has 1 saturated carbocycles. The van der Waals surface area contributed by atoms with Gasteiger partial charge in [-0.2, -0.15) is 0 Å². The van der Waals surface area contributed by atoms with Gasteiger partial charge in [-0.3, -0.25) is 4.79 Å². The van der Waals surface area contributed by atoms with Crippen molar-refractivity contribution in [1.82, 2.24) is 10.6 Å². The smallest absolute Gasteiger partial charge is 0.323 e. The third kappa shape index (κ3) is 3.72. The monoisotopic (exact) mass is 228 g/mol. The Hall–Kier alpha value is -1.26. The lowest BCUT2D eigenvalue weighted by atomic mass is 9.73. The minimum Gasteiger partial charge on any atom is -0.480 e. The minimum absolute atomic E-state index is 0.0960. The summed E-state index contributed by atoms with van der Waals surface area (Å²) in [5, 5.41) is 13.6. The van der Waals surface area contributed by atoms with Crippen LogP contribution in [-0.4, -0.2) is 29.7 Å². The molecule has 3 N–H and O–H groups in total. The number of carboxylic acids is 1. The molecule has 0 heterocycles. The van der Waals surface area contributed by atoms with E-state index in [1.807, 2.05) is 0 Å². The molecule has 0 aromatic heterocycles. The standard InChI is InChI=1S/C11H20N2O3/c1-11(2)6-4-3-5-8(11)13-10(16)12-7-9(14)15/h8H,3-7H2,1-2H3,(H,14,15)(H2,12,13,16). The molecule has 2 amide bonds. The molecule has 0 bridgehead atoms. The van der Waals surface area contributed by atoms with Crippen LogP contribution < -0.4 is 10.6 Å². The Kier molecular flexibility index (Phi) is 4.15. The Morgan fingerprint density at radius 3 is 2.62 bits per heavy atom. The van der Waals surface area contributed by atoms with Gasteiger partial charge in [-0.15, -0.1) is 0 Å². The quantitative estimate of drug-likeness (QED) is 0.682. The predicted molar refractivity (Wildman–Crippen MR) is 60.2 cm³/mol. The Labute approximate surface area is 95.6 Å². The largest absolute Gasteiger partial charge is 0.480 e. The number of aliphatic carboxylic acids is 1. The molecule has 1 aliphatic rings. The first-order chi connectivity index (χ1) is 7.42. The molecule has 92 valence electrons. The summed E-state index contributed by atoms with van der Waals surface area (Å²) in [6, 6.07) is -0.252. The summed E-state index contributed by atoms with van der Waals surface area (Å²) in [6.07, 6.45) is 4.37. The van der Waals surface area contributed by atoms with Gasteiger partial charge >= 0.3 is 12.0 Å². The molecule has 0 saturated heterocycles. The third-order valence-corrected chi connectivity index (χ3v) is 3.21. The highest BCUT2D eigenvalue weighted by Gasteiger charge is 2.33. The zero-order valence-electron chi connectivity index (χ0n) is 9.88. The van der Waals surface area contributed by atoms with Crippen LogP contribution in [0, 0.1) is 5.41 Å². The van der Waals surface area contributed by atoms with Gasteiger partial charge < -0.3 is 15.7 Å². The van der Waals surface area contributed by atoms with E-state index in [1.165, 1.54) is 6.42 Å². The van der Waals surface area contributed by atoms with Gasteiger partial charge in [-0.05, 0) is 18.3 Å². The number of urea groups is 1. The third-order valence-electron chi connectivity index (χ3n) is 3.21. The zero-order valence-corrected chi connectivity index (χ0v) is 9.88. The number of amides is 2. The summed E-state index contributed by atoms with van der Waals surface area (Å²) < 4.78 is 0. The average molecular weight is 228 g/mol. The topological polar surface area (TPSA) is 78.4 Å². The first-order valence-electron chi connectivity index (χ1n) is 5.68. The molecule has 5 nitrogen and oxygen atoms in total. The first kappa shape index (κ1) is 12.8. The summed E-state index contributed by atoms with van der Waals surface area (Å²) in [5.41, 5.74) is 0.0960. The summed E-state index contributed by atoms with van der Waals surface area (Å²) in [5.74, 6) is -1.03. The highest BCUT2D eigenvalue weighted by Crippen LogP contribution is 2.35. The van der Waals surface area contributed by atoms with E-state index in [1.54, 1.807) is 0 Å². The van der Waals surface area contributed by atoms with Crippen LogP contribution in [0.1, 0.15) is 39.5 Å². The molecule has 0 aromatic rings. The number of rotatable bonds is 3. The van der Waals surface area contributed by atoms with E-state index < -0.39 is 5.97 Å². The summed E-state index contributed by atoms with van der Waals surface area (Å²) in [7, 11) is 0. The van der Waals surface area contributed by atoms with E-state index >= 15 is 0 Å². The number of carboxylic acid groups (broad SMARTS) is 1. The maximum atomic E-state index is 11.4. The van der Waals surface area contributed by atoms with E-state index in [2.05, 4.69) is 24.5 Å². The van der Waals surface area contributed by atoms with E-state index in [0.29, 0.717) is 0 Å². The molecule has 1 atom stereocenters. The van der Waals surface area contributed by atoms with Crippen molar-refractivity contribution in [2.75, 3.05) is 6.54 Å². The summed E-state index contributed by atoms with van der Waals surface area (Å²) in [6.45, 7) is 3.93. The van der Waals surface area contributed by atoms with Crippen LogP contribution in [0.15, 0.2) is 0 Å². The lowest BCUT2D eigenvalue weighted by molar-refractivity contribution is -0.135. The second-order valence-electron chi connectivity index (χ2n) is 5.01. The van der Waals surface area contributed by atoms with E-state index in [-0.39, 0.29) is 24.0 Å². The van der Waals surface area contributed by atoms with Crippen LogP contribution in [0.5, 0.6) is 0 Å². The normalized spacial score (nSPS) is 23.5. The Morgan fingerprint density at radius 2 is 2.06 bits per heavy atom. The van der Waals surface area contributed by atoms with Crippen LogP contribution >= 0.6 is 0 Å². The molecule has 1 unspecified atom stereocenters. The molecule has 1 rings (SSSR count). The fourth-order valence-electron chi connectivity index (χ4n) is 2.13. The van der Waals surface area contributed by atoms with Gasteiger partial charge in [-0.25, -0.2) is 4.79 Å². The lowest BCUT2D eigenvalue weighted by Gasteiger charge is -2.38. The van der Waals surface area contributed by atoms with Gasteiger partial charge in [0.15, 0.2) is 0 Å². The summed E-state index contributed by atoms with van der Waals surface area (Å²) >= 11 is 0. The highest BCUT2D eigenvalue weighted by atomic mass is 16.4. The maximum absolute atomic E-state index is 11.4. The fourth-order valence-corrected chi connectivity index (χ4v) is 2.13. The predicted octanol–water partition coefficient (Wildman–Crippen LogP) is 1.34. The van der Waals surface area contributed by atoms with Crippen molar-refractivity contribution >= 4 is 12.0 Å². The second kappa shape index (κ2) is 5.18. The fraction of sp³-hybridized carbons (Fsp3) is 0.818. The van der Waals surface area contributed by atoms with Crippen LogP contribution in [0.2, 0.25) is 0 Å². The van der Waals surface area contributed by atoms with Gasteiger partial charge in [0.05, 0.1) is 0 Å². The first-order valence-corrected chi connectivity index (χ1v) is 5.68. The molecular weight excluding hydrogens is 208 g/mol. The van der Waals surface area contributed by atoms with Crippen molar-refractivity contribution in [3.05, 3.63) is 0 Å². The molecule has 0 aromatic carbocycles. The maximum Gasteiger partial charge on any atom is 0.323 e. The van der Waals surface area contributed by atoms with Crippen molar-refractivity contribution in [2.24, 2.45) is 5.41 Å². The molecule has 0 radical (unpaired) electrons. The highest BCUT2D eigenvalue weighted by molar-refractivity contribution is 5.80. The number of hydrogen-bond acceptors (Lipinski definition) is 2. The van der Waals surface area contributed by atoms with Crippen LogP contribution in [0.3, 0.4) is 0 Å². The Morgan fingerprint density at radius 1 is 1.38 bits per heavy atom. The number of nitrogens with one attached hydrogen (secondary N) is 2. The van der Waals surface area contributed by atoms with Gasteiger partial charge in [-0.1, -0.05) is 26.7 Å². The van der Waals surface area contributed by atoms with E-state index in [9.17, 15) is 9.59 Å². The average Bonchev–Trinajstić information content (AvgIpc) is 2.18. The van der Waals surface area contributed by atoms with E-state index in [0.717, 1.165) is 19.3 Å². The molecule has 16 heavy (non-hydrogen) atoms. The van der Waals surface area contributed by atoms with Gasteiger partial charge in [0, 0.05) is 6.04 Å². The minimum atomic E-state index is -1.03. The molecule has 1 aliphatic carbocycles.